The maximum Gasteiger partial charge on any atom is 0.221 e. The predicted molar refractivity (Wildman–Crippen MR) is 81.0 cm³/mol. The Kier molecular flexibility index (Phi) is 54.0. The maximum absolute atomic E-state index is 9.79. The molecule has 2 N–H and O–H groups in total. The first kappa shape index (κ1) is 25.4. The molecule has 0 aromatic carbocycles. The topological polar surface area (TPSA) is 41.1 Å². The van der Waals surface area contributed by atoms with Crippen molar-refractivity contribution in [2.75, 3.05) is 19.6 Å². The van der Waals surface area contributed by atoms with E-state index in [9.17, 15) is 4.79 Å². The van der Waals surface area contributed by atoms with Crippen LogP contribution in [0.3, 0.4) is 0 Å². The van der Waals surface area contributed by atoms with E-state index in [1.54, 1.807) is 0 Å². The third kappa shape index (κ3) is 31.3. The van der Waals surface area contributed by atoms with Gasteiger partial charge in [-0.1, -0.05) is 41.3 Å². The van der Waals surface area contributed by atoms with E-state index in [1.807, 2.05) is 27.7 Å². The van der Waals surface area contributed by atoms with Crippen molar-refractivity contribution in [2.24, 2.45) is 0 Å². The number of nitrogens with one attached hydrogen (secondary N) is 2. The summed E-state index contributed by atoms with van der Waals surface area (Å²) >= 11 is 0. The molecule has 100 valence electrons. The number of amides is 1. The van der Waals surface area contributed by atoms with Crippen LogP contribution in [0.1, 0.15) is 40.5 Å². The van der Waals surface area contributed by atoms with Gasteiger partial charge in [0.25, 0.3) is 0 Å². The standard InChI is InChI=1S/C3H5NO.C3H7N.2C2H6.2CH3B/c5-3-1-2-4-3;1-2-4-3-1;4*1-2/h1-2H2,(H,4,5);4H,1-3H2;2*1-2H3;2*1H3. The van der Waals surface area contributed by atoms with Gasteiger partial charge < -0.3 is 10.6 Å². The quantitative estimate of drug-likeness (QED) is 0.501. The van der Waals surface area contributed by atoms with Gasteiger partial charge in [0.05, 0.1) is 15.7 Å². The van der Waals surface area contributed by atoms with Crippen molar-refractivity contribution in [3.63, 3.8) is 0 Å². The lowest BCUT2D eigenvalue weighted by Crippen LogP contribution is -2.37. The molecule has 17 heavy (non-hydrogen) atoms. The summed E-state index contributed by atoms with van der Waals surface area (Å²) in [6.45, 7) is 14.4. The summed E-state index contributed by atoms with van der Waals surface area (Å²) in [6.07, 6.45) is 2.12. The highest BCUT2D eigenvalue weighted by Gasteiger charge is 2.07. The third-order valence-corrected chi connectivity index (χ3v) is 1.38. The van der Waals surface area contributed by atoms with Gasteiger partial charge in [0.1, 0.15) is 0 Å². The molecule has 0 aromatic rings. The molecule has 2 fully saturated rings. The summed E-state index contributed by atoms with van der Waals surface area (Å²) in [7, 11) is 9.00. The van der Waals surface area contributed by atoms with Gasteiger partial charge in [-0.15, -0.1) is 0 Å². The lowest BCUT2D eigenvalue weighted by molar-refractivity contribution is -0.125. The summed E-state index contributed by atoms with van der Waals surface area (Å²) in [4.78, 5) is 9.79. The van der Waals surface area contributed by atoms with Crippen molar-refractivity contribution in [3.8, 4) is 0 Å². The van der Waals surface area contributed by atoms with Crippen molar-refractivity contribution in [1.29, 1.82) is 0 Å². The van der Waals surface area contributed by atoms with Gasteiger partial charge in [0.2, 0.25) is 5.91 Å². The zero-order valence-corrected chi connectivity index (χ0v) is 12.6. The van der Waals surface area contributed by atoms with Crippen LogP contribution in [0.2, 0.25) is 13.6 Å². The molecule has 1 amide bonds. The van der Waals surface area contributed by atoms with Crippen molar-refractivity contribution < 1.29 is 4.79 Å². The van der Waals surface area contributed by atoms with Crippen LogP contribution in [0.15, 0.2) is 0 Å². The second-order valence-electron chi connectivity index (χ2n) is 2.20. The van der Waals surface area contributed by atoms with Crippen molar-refractivity contribution >= 4 is 21.6 Å². The third-order valence-electron chi connectivity index (χ3n) is 1.38. The molecule has 3 nitrogen and oxygen atoms in total. The molecule has 2 aliphatic rings. The Balaban J connectivity index is -0.0000000644. The van der Waals surface area contributed by atoms with E-state index in [1.165, 1.54) is 33.2 Å². The van der Waals surface area contributed by atoms with Crippen molar-refractivity contribution in [1.82, 2.24) is 10.6 Å². The Morgan fingerprint density at radius 1 is 0.882 bits per heavy atom. The summed E-state index contributed by atoms with van der Waals surface area (Å²) in [5.74, 6) is 0.185. The Morgan fingerprint density at radius 3 is 1.06 bits per heavy atom. The minimum absolute atomic E-state index is 0.185. The molecule has 0 saturated carbocycles. The van der Waals surface area contributed by atoms with Gasteiger partial charge in [0.15, 0.2) is 0 Å². The lowest BCUT2D eigenvalue weighted by Gasteiger charge is -2.10. The number of hydrogen-bond donors (Lipinski definition) is 2. The minimum atomic E-state index is 0.185. The van der Waals surface area contributed by atoms with Gasteiger partial charge in [-0.2, -0.15) is 0 Å². The summed E-state index contributed by atoms with van der Waals surface area (Å²) in [5, 5.41) is 5.68. The molecule has 2 heterocycles. The predicted octanol–water partition coefficient (Wildman–Crippen LogP) is 1.94. The SMILES string of the molecule is C1CNC1.CC.CC.O=C1CCN1.[B]C.[B]C. The highest BCUT2D eigenvalue weighted by Crippen LogP contribution is 1.85. The first-order valence-electron chi connectivity index (χ1n) is 6.52. The second kappa shape index (κ2) is 36.1. The fraction of sp³-hybridized carbons (Fsp3) is 0.917. The smallest absolute Gasteiger partial charge is 0.221 e. The number of hydrogen-bond acceptors (Lipinski definition) is 2. The average molecular weight is 240 g/mol. The summed E-state index contributed by atoms with van der Waals surface area (Å²) < 4.78 is 0. The van der Waals surface area contributed by atoms with E-state index >= 15 is 0 Å². The van der Waals surface area contributed by atoms with Crippen LogP contribution >= 0.6 is 0 Å². The average Bonchev–Trinajstić information content (AvgIpc) is 2.35. The van der Waals surface area contributed by atoms with Gasteiger partial charge in [0, 0.05) is 13.0 Å². The van der Waals surface area contributed by atoms with Crippen LogP contribution in [0.25, 0.3) is 0 Å². The van der Waals surface area contributed by atoms with Gasteiger partial charge in [-0.25, -0.2) is 0 Å². The Hall–Kier alpha value is -0.440. The van der Waals surface area contributed by atoms with E-state index in [0.29, 0.717) is 0 Å². The van der Waals surface area contributed by atoms with Crippen LogP contribution in [0, 0.1) is 0 Å². The van der Waals surface area contributed by atoms with Crippen LogP contribution in [0.5, 0.6) is 0 Å². The van der Waals surface area contributed by atoms with E-state index in [-0.39, 0.29) is 5.91 Å². The summed E-state index contributed by atoms with van der Waals surface area (Å²) in [6, 6.07) is 0. The first-order valence-corrected chi connectivity index (χ1v) is 6.52. The number of carbonyl (C=O) groups excluding carboxylic acids is 1. The maximum atomic E-state index is 9.79. The van der Waals surface area contributed by atoms with Crippen LogP contribution in [-0.2, 0) is 4.79 Å². The fourth-order valence-corrected chi connectivity index (χ4v) is 0.404. The van der Waals surface area contributed by atoms with E-state index in [0.717, 1.165) is 13.0 Å². The number of carbonyl (C=O) groups is 1. The molecule has 0 bridgehead atoms. The highest BCUT2D eigenvalue weighted by atomic mass is 16.2. The molecular formula is C12H30B2N2O. The van der Waals surface area contributed by atoms with E-state index in [4.69, 9.17) is 0 Å². The van der Waals surface area contributed by atoms with Crippen molar-refractivity contribution in [3.05, 3.63) is 0 Å². The zero-order valence-electron chi connectivity index (χ0n) is 12.6. The molecule has 0 spiro atoms. The van der Waals surface area contributed by atoms with Crippen molar-refractivity contribution in [2.45, 2.75) is 54.2 Å². The Morgan fingerprint density at radius 2 is 1.06 bits per heavy atom. The molecule has 0 aliphatic carbocycles. The van der Waals surface area contributed by atoms with Gasteiger partial charge in [-0.3, -0.25) is 4.79 Å². The summed E-state index contributed by atoms with van der Waals surface area (Å²) in [5.41, 5.74) is 0. The molecular weight excluding hydrogens is 210 g/mol. The van der Waals surface area contributed by atoms with Crippen LogP contribution in [-0.4, -0.2) is 41.2 Å². The minimum Gasteiger partial charge on any atom is -0.356 e. The molecule has 0 atom stereocenters. The Bertz CT molecular complexity index is 101. The second-order valence-corrected chi connectivity index (χ2v) is 2.20. The largest absolute Gasteiger partial charge is 0.356 e. The van der Waals surface area contributed by atoms with Gasteiger partial charge >= 0.3 is 0 Å². The highest BCUT2D eigenvalue weighted by molar-refractivity contribution is 6.05. The molecule has 2 rings (SSSR count). The normalized spacial score (nSPS) is 12.9. The molecule has 2 saturated heterocycles. The molecule has 0 aromatic heterocycles. The van der Waals surface area contributed by atoms with Crippen LogP contribution in [0.4, 0.5) is 0 Å². The number of β-lactam (4-membered cyclic amide) rings is 1. The van der Waals surface area contributed by atoms with E-state index < -0.39 is 0 Å². The zero-order chi connectivity index (χ0) is 14.5. The molecule has 2 aliphatic heterocycles. The first-order chi connectivity index (χ1) is 8.39. The molecule has 0 unspecified atom stereocenters. The van der Waals surface area contributed by atoms with Gasteiger partial charge in [-0.05, 0) is 19.5 Å². The Labute approximate surface area is 111 Å². The fourth-order valence-electron chi connectivity index (χ4n) is 0.404. The van der Waals surface area contributed by atoms with Crippen LogP contribution < -0.4 is 10.6 Å². The number of rotatable bonds is 0. The molecule has 4 radical (unpaired) electrons. The lowest BCUT2D eigenvalue weighted by atomic mass is 10.2. The monoisotopic (exact) mass is 240 g/mol. The van der Waals surface area contributed by atoms with E-state index in [2.05, 4.69) is 26.3 Å². The molecule has 5 heteroatoms.